The Bertz CT molecular complexity index is 348. The molecule has 2 aromatic heterocycles. The number of thiophene rings is 2. The van der Waals surface area contributed by atoms with Crippen molar-refractivity contribution in [2.45, 2.75) is 0 Å². The first-order valence-electron chi connectivity index (χ1n) is 3.58. The van der Waals surface area contributed by atoms with E-state index in [2.05, 4.69) is 23.6 Å². The van der Waals surface area contributed by atoms with Gasteiger partial charge in [0.15, 0.2) is 5.06 Å². The predicted molar refractivity (Wildman–Crippen MR) is 54.2 cm³/mol. The second kappa shape index (κ2) is 3.29. The Morgan fingerprint density at radius 1 is 1.17 bits per heavy atom. The van der Waals surface area contributed by atoms with Gasteiger partial charge in [-0.05, 0) is 23.6 Å². The Morgan fingerprint density at radius 2 is 2.08 bits per heavy atom. The van der Waals surface area contributed by atoms with Crippen molar-refractivity contribution in [1.29, 1.82) is 0 Å². The highest BCUT2D eigenvalue weighted by Gasteiger charge is 2.02. The zero-order chi connectivity index (χ0) is 8.39. The molecule has 0 N–H and O–H groups in total. The number of rotatable bonds is 2. The molecule has 0 spiro atoms. The van der Waals surface area contributed by atoms with Crippen molar-refractivity contribution in [3.63, 3.8) is 0 Å². The zero-order valence-corrected chi connectivity index (χ0v) is 8.24. The monoisotopic (exact) mass is 196 g/mol. The molecule has 0 aliphatic rings. The summed E-state index contributed by atoms with van der Waals surface area (Å²) in [6.07, 6.45) is 0. The van der Waals surface area contributed by atoms with E-state index in [0.29, 0.717) is 0 Å². The minimum absolute atomic E-state index is 0.971. The van der Waals surface area contributed by atoms with E-state index in [4.69, 9.17) is 4.74 Å². The Hall–Kier alpha value is -0.800. The summed E-state index contributed by atoms with van der Waals surface area (Å²) in [6, 6.07) is 8.27. The minimum Gasteiger partial charge on any atom is -0.487 e. The molecule has 0 atom stereocenters. The van der Waals surface area contributed by atoms with E-state index in [1.165, 1.54) is 9.75 Å². The highest BCUT2D eigenvalue weighted by atomic mass is 32.1. The van der Waals surface area contributed by atoms with Crippen LogP contribution in [0.2, 0.25) is 0 Å². The van der Waals surface area contributed by atoms with Crippen molar-refractivity contribution in [3.8, 4) is 14.8 Å². The van der Waals surface area contributed by atoms with Gasteiger partial charge in [0.2, 0.25) is 0 Å². The molecule has 0 aliphatic heterocycles. The van der Waals surface area contributed by atoms with Crippen LogP contribution in [0.25, 0.3) is 9.75 Å². The molecule has 0 amide bonds. The van der Waals surface area contributed by atoms with E-state index in [1.54, 1.807) is 29.8 Å². The maximum atomic E-state index is 5.12. The van der Waals surface area contributed by atoms with Gasteiger partial charge in [0.25, 0.3) is 0 Å². The summed E-state index contributed by atoms with van der Waals surface area (Å²) in [7, 11) is 1.70. The first kappa shape index (κ1) is 7.83. The van der Waals surface area contributed by atoms with Crippen LogP contribution in [0, 0.1) is 0 Å². The van der Waals surface area contributed by atoms with Gasteiger partial charge in [-0.25, -0.2) is 0 Å². The Balaban J connectivity index is 2.35. The molecule has 0 aromatic carbocycles. The molecule has 0 bridgehead atoms. The largest absolute Gasteiger partial charge is 0.487 e. The number of hydrogen-bond donors (Lipinski definition) is 0. The third-order valence-electron chi connectivity index (χ3n) is 1.55. The molecule has 3 heteroatoms. The van der Waals surface area contributed by atoms with Crippen LogP contribution in [-0.4, -0.2) is 7.11 Å². The van der Waals surface area contributed by atoms with E-state index in [9.17, 15) is 0 Å². The lowest BCUT2D eigenvalue weighted by atomic mass is 10.4. The van der Waals surface area contributed by atoms with Crippen molar-refractivity contribution in [1.82, 2.24) is 0 Å². The Morgan fingerprint density at radius 3 is 2.67 bits per heavy atom. The van der Waals surface area contributed by atoms with Gasteiger partial charge in [-0.1, -0.05) is 17.4 Å². The number of methoxy groups -OCH3 is 1. The maximum absolute atomic E-state index is 5.12. The van der Waals surface area contributed by atoms with Crippen molar-refractivity contribution in [2.75, 3.05) is 7.11 Å². The van der Waals surface area contributed by atoms with E-state index in [0.717, 1.165) is 5.06 Å². The summed E-state index contributed by atoms with van der Waals surface area (Å²) < 4.78 is 5.12. The van der Waals surface area contributed by atoms with Gasteiger partial charge in [0.1, 0.15) is 0 Å². The Labute approximate surface area is 79.2 Å². The normalized spacial score (nSPS) is 10.1. The quantitative estimate of drug-likeness (QED) is 0.714. The van der Waals surface area contributed by atoms with E-state index in [-0.39, 0.29) is 0 Å². The van der Waals surface area contributed by atoms with E-state index < -0.39 is 0 Å². The lowest BCUT2D eigenvalue weighted by Gasteiger charge is -1.90. The lowest BCUT2D eigenvalue weighted by molar-refractivity contribution is 0.427. The molecule has 2 heterocycles. The molecule has 0 saturated heterocycles. The molecule has 2 rings (SSSR count). The summed E-state index contributed by atoms with van der Waals surface area (Å²) in [5.41, 5.74) is 0. The van der Waals surface area contributed by atoms with Gasteiger partial charge in [-0.3, -0.25) is 0 Å². The molecular formula is C9H8OS2. The fourth-order valence-corrected chi connectivity index (χ4v) is 2.64. The molecule has 0 unspecified atom stereocenters. The third kappa shape index (κ3) is 1.38. The van der Waals surface area contributed by atoms with Crippen LogP contribution in [0.5, 0.6) is 5.06 Å². The average Bonchev–Trinajstić information content (AvgIpc) is 2.75. The highest BCUT2D eigenvalue weighted by molar-refractivity contribution is 7.22. The second-order valence-electron chi connectivity index (χ2n) is 2.30. The smallest absolute Gasteiger partial charge is 0.173 e. The van der Waals surface area contributed by atoms with Crippen LogP contribution in [0.4, 0.5) is 0 Å². The summed E-state index contributed by atoms with van der Waals surface area (Å²) in [6.45, 7) is 0. The molecular weight excluding hydrogens is 188 g/mol. The first-order chi connectivity index (χ1) is 5.90. The fraction of sp³-hybridized carbons (Fsp3) is 0.111. The molecule has 0 aliphatic carbocycles. The molecule has 0 saturated carbocycles. The van der Waals surface area contributed by atoms with E-state index in [1.807, 2.05) is 6.07 Å². The van der Waals surface area contributed by atoms with Crippen LogP contribution in [0.15, 0.2) is 29.6 Å². The molecule has 62 valence electrons. The first-order valence-corrected chi connectivity index (χ1v) is 5.27. The van der Waals surface area contributed by atoms with Crippen LogP contribution in [-0.2, 0) is 0 Å². The summed E-state index contributed by atoms with van der Waals surface area (Å²) >= 11 is 3.43. The van der Waals surface area contributed by atoms with Crippen molar-refractivity contribution >= 4 is 22.7 Å². The SMILES string of the molecule is COc1ccc(-c2cccs2)s1. The molecule has 0 fully saturated rings. The average molecular weight is 196 g/mol. The summed E-state index contributed by atoms with van der Waals surface area (Å²) in [4.78, 5) is 2.59. The van der Waals surface area contributed by atoms with Gasteiger partial charge in [0, 0.05) is 9.75 Å². The lowest BCUT2D eigenvalue weighted by Crippen LogP contribution is -1.73. The summed E-state index contributed by atoms with van der Waals surface area (Å²) in [5.74, 6) is 0. The van der Waals surface area contributed by atoms with Gasteiger partial charge < -0.3 is 4.74 Å². The number of hydrogen-bond acceptors (Lipinski definition) is 3. The van der Waals surface area contributed by atoms with Gasteiger partial charge in [-0.15, -0.1) is 11.3 Å². The Kier molecular flexibility index (Phi) is 2.15. The van der Waals surface area contributed by atoms with Crippen molar-refractivity contribution in [3.05, 3.63) is 29.6 Å². The van der Waals surface area contributed by atoms with Crippen molar-refractivity contribution < 1.29 is 4.74 Å². The topological polar surface area (TPSA) is 9.23 Å². The maximum Gasteiger partial charge on any atom is 0.173 e. The predicted octanol–water partition coefficient (Wildman–Crippen LogP) is 3.49. The third-order valence-corrected chi connectivity index (χ3v) is 3.66. The van der Waals surface area contributed by atoms with Crippen LogP contribution in [0.1, 0.15) is 0 Å². The van der Waals surface area contributed by atoms with Crippen LogP contribution in [0.3, 0.4) is 0 Å². The molecule has 0 radical (unpaired) electrons. The zero-order valence-electron chi connectivity index (χ0n) is 6.61. The van der Waals surface area contributed by atoms with Crippen molar-refractivity contribution in [2.24, 2.45) is 0 Å². The molecule has 12 heavy (non-hydrogen) atoms. The minimum atomic E-state index is 0.971. The van der Waals surface area contributed by atoms with Gasteiger partial charge in [0.05, 0.1) is 7.11 Å². The van der Waals surface area contributed by atoms with Gasteiger partial charge in [-0.2, -0.15) is 0 Å². The molecule has 1 nitrogen and oxygen atoms in total. The van der Waals surface area contributed by atoms with Crippen LogP contribution >= 0.6 is 22.7 Å². The summed E-state index contributed by atoms with van der Waals surface area (Å²) in [5, 5.41) is 3.06. The van der Waals surface area contributed by atoms with E-state index >= 15 is 0 Å². The number of ether oxygens (including phenoxy) is 1. The van der Waals surface area contributed by atoms with Crippen LogP contribution < -0.4 is 4.74 Å². The molecule has 2 aromatic rings. The van der Waals surface area contributed by atoms with Gasteiger partial charge >= 0.3 is 0 Å². The highest BCUT2D eigenvalue weighted by Crippen LogP contribution is 2.34. The fourth-order valence-electron chi connectivity index (χ4n) is 0.981. The standard InChI is InChI=1S/C9H8OS2/c1-10-9-5-4-8(12-9)7-3-2-6-11-7/h2-6H,1H3. The second-order valence-corrected chi connectivity index (χ2v) is 4.29.